The third-order valence-corrected chi connectivity index (χ3v) is 4.24. The molecule has 1 aromatic heterocycles. The Hall–Kier alpha value is -1.47. The van der Waals surface area contributed by atoms with Gasteiger partial charge >= 0.3 is 17.8 Å². The van der Waals surface area contributed by atoms with Gasteiger partial charge in [0.1, 0.15) is 0 Å². The van der Waals surface area contributed by atoms with Crippen LogP contribution in [0.3, 0.4) is 0 Å². The Kier molecular flexibility index (Phi) is 4.72. The summed E-state index contributed by atoms with van der Waals surface area (Å²) in [6.07, 6.45) is 2.22. The molecular formula is C12H14ClN3O3S. The highest BCUT2D eigenvalue weighted by Gasteiger charge is 2.41. The molecule has 0 spiro atoms. The molecule has 0 atom stereocenters. The molecule has 0 aliphatic carbocycles. The van der Waals surface area contributed by atoms with Crippen molar-refractivity contribution in [2.45, 2.75) is 25.1 Å². The summed E-state index contributed by atoms with van der Waals surface area (Å²) in [5.41, 5.74) is 0.865. The van der Waals surface area contributed by atoms with Gasteiger partial charge in [-0.1, -0.05) is 0 Å². The Balaban J connectivity index is 1.77. The lowest BCUT2D eigenvalue weighted by molar-refractivity contribution is -0.142. The van der Waals surface area contributed by atoms with Gasteiger partial charge in [0.2, 0.25) is 0 Å². The average molecular weight is 316 g/mol. The molecule has 8 heteroatoms. The molecule has 0 saturated carbocycles. The van der Waals surface area contributed by atoms with Crippen molar-refractivity contribution in [1.29, 1.82) is 0 Å². The Labute approximate surface area is 125 Å². The maximum Gasteiger partial charge on any atom is 0.333 e. The van der Waals surface area contributed by atoms with Crippen LogP contribution in [0.2, 0.25) is 0 Å². The van der Waals surface area contributed by atoms with E-state index < -0.39 is 17.8 Å². The predicted molar refractivity (Wildman–Crippen MR) is 74.5 cm³/mol. The number of rotatable bonds is 6. The number of imide groups is 2. The van der Waals surface area contributed by atoms with Gasteiger partial charge in [0.05, 0.1) is 16.6 Å². The van der Waals surface area contributed by atoms with Crippen molar-refractivity contribution in [3.63, 3.8) is 0 Å². The van der Waals surface area contributed by atoms with Crippen LogP contribution < -0.4 is 0 Å². The lowest BCUT2D eigenvalue weighted by Crippen LogP contribution is -2.32. The van der Waals surface area contributed by atoms with Crippen LogP contribution in [-0.4, -0.2) is 46.2 Å². The Morgan fingerprint density at radius 3 is 2.55 bits per heavy atom. The smallest absolute Gasteiger partial charge is 0.263 e. The first-order valence-corrected chi connectivity index (χ1v) is 7.58. The number of carbonyl (C=O) groups excluding carboxylic acids is 3. The third kappa shape index (κ3) is 2.99. The summed E-state index contributed by atoms with van der Waals surface area (Å²) >= 11 is 7.23. The zero-order valence-corrected chi connectivity index (χ0v) is 12.5. The fraction of sp³-hybridized carbons (Fsp3) is 0.500. The maximum absolute atomic E-state index is 11.6. The molecule has 6 nitrogen and oxygen atoms in total. The zero-order valence-electron chi connectivity index (χ0n) is 11.0. The van der Waals surface area contributed by atoms with Gasteiger partial charge < -0.3 is 0 Å². The number of aryl methyl sites for hydroxylation is 1. The number of urea groups is 1. The second-order valence-corrected chi connectivity index (χ2v) is 5.64. The molecule has 0 aromatic carbocycles. The highest BCUT2D eigenvalue weighted by molar-refractivity contribution is 7.09. The molecule has 0 N–H and O–H groups in total. The lowest BCUT2D eigenvalue weighted by atomic mass is 10.2. The number of likely N-dealkylation sites (N-methyl/N-ethyl adjacent to an activating group) is 1. The van der Waals surface area contributed by atoms with Crippen molar-refractivity contribution in [1.82, 2.24) is 14.8 Å². The minimum absolute atomic E-state index is 0.265. The summed E-state index contributed by atoms with van der Waals surface area (Å²) in [5.74, 6) is -1.10. The first kappa shape index (κ1) is 14.9. The van der Waals surface area contributed by atoms with Gasteiger partial charge in [0, 0.05) is 19.0 Å². The van der Waals surface area contributed by atoms with E-state index in [0.29, 0.717) is 12.3 Å². The van der Waals surface area contributed by atoms with E-state index in [1.165, 1.54) is 7.05 Å². The van der Waals surface area contributed by atoms with E-state index in [9.17, 15) is 14.4 Å². The third-order valence-electron chi connectivity index (χ3n) is 3.01. The van der Waals surface area contributed by atoms with Crippen LogP contribution in [-0.2, 0) is 21.9 Å². The van der Waals surface area contributed by atoms with E-state index >= 15 is 0 Å². The van der Waals surface area contributed by atoms with Crippen molar-refractivity contribution >= 4 is 40.8 Å². The number of nitrogens with zero attached hydrogens (tertiary/aromatic N) is 3. The van der Waals surface area contributed by atoms with Crippen molar-refractivity contribution in [2.75, 3.05) is 13.6 Å². The van der Waals surface area contributed by atoms with Gasteiger partial charge in [-0.05, 0) is 19.3 Å². The van der Waals surface area contributed by atoms with Gasteiger partial charge in [-0.25, -0.2) is 9.78 Å². The van der Waals surface area contributed by atoms with E-state index in [-0.39, 0.29) is 6.54 Å². The highest BCUT2D eigenvalue weighted by Crippen LogP contribution is 2.15. The quantitative estimate of drug-likeness (QED) is 0.346. The molecule has 1 fully saturated rings. The van der Waals surface area contributed by atoms with Gasteiger partial charge in [-0.2, -0.15) is 0 Å². The number of hydrogen-bond donors (Lipinski definition) is 0. The Morgan fingerprint density at radius 2 is 2.00 bits per heavy atom. The molecule has 2 rings (SSSR count). The fourth-order valence-electron chi connectivity index (χ4n) is 1.88. The molecule has 4 amide bonds. The summed E-state index contributed by atoms with van der Waals surface area (Å²) in [6, 6.07) is -0.543. The predicted octanol–water partition coefficient (Wildman–Crippen LogP) is 1.63. The van der Waals surface area contributed by atoms with Crippen LogP contribution in [0.25, 0.3) is 0 Å². The van der Waals surface area contributed by atoms with E-state index in [1.807, 2.05) is 5.38 Å². The first-order chi connectivity index (χ1) is 9.54. The molecular weight excluding hydrogens is 302 g/mol. The molecule has 1 aliphatic heterocycles. The van der Waals surface area contributed by atoms with Crippen molar-refractivity contribution < 1.29 is 14.4 Å². The van der Waals surface area contributed by atoms with Gasteiger partial charge in [-0.15, -0.1) is 22.9 Å². The summed E-state index contributed by atoms with van der Waals surface area (Å²) < 4.78 is 0. The van der Waals surface area contributed by atoms with Crippen molar-refractivity contribution in [3.8, 4) is 0 Å². The number of unbranched alkanes of at least 4 members (excludes halogenated alkanes) is 1. The molecule has 1 saturated heterocycles. The lowest BCUT2D eigenvalue weighted by Gasteiger charge is -2.11. The largest absolute Gasteiger partial charge is 0.333 e. The highest BCUT2D eigenvalue weighted by atomic mass is 35.5. The maximum atomic E-state index is 11.6. The molecule has 1 aliphatic rings. The molecule has 0 unspecified atom stereocenters. The number of carbonyl (C=O) groups is 3. The fourth-order valence-corrected chi connectivity index (χ4v) is 2.95. The number of alkyl halides is 1. The van der Waals surface area contributed by atoms with Crippen molar-refractivity contribution in [3.05, 3.63) is 16.1 Å². The standard InChI is InChI=1S/C12H14ClN3O3S/c1-15-10(17)11(18)16(12(15)19)5-3-2-4-9-14-8(6-13)7-20-9/h7H,2-6H2,1H3. The number of halogens is 1. The number of hydrogen-bond acceptors (Lipinski definition) is 5. The molecule has 0 radical (unpaired) electrons. The van der Waals surface area contributed by atoms with Crippen molar-refractivity contribution in [2.24, 2.45) is 0 Å². The topological polar surface area (TPSA) is 70.6 Å². The molecule has 2 heterocycles. The Morgan fingerprint density at radius 1 is 1.25 bits per heavy atom. The summed E-state index contributed by atoms with van der Waals surface area (Å²) in [7, 11) is 1.31. The van der Waals surface area contributed by atoms with Gasteiger partial charge in [0.25, 0.3) is 0 Å². The zero-order chi connectivity index (χ0) is 14.7. The van der Waals surface area contributed by atoms with Crippen LogP contribution in [0.1, 0.15) is 23.5 Å². The van der Waals surface area contributed by atoms with Crippen LogP contribution >= 0.6 is 22.9 Å². The van der Waals surface area contributed by atoms with Gasteiger partial charge in [-0.3, -0.25) is 19.4 Å². The second kappa shape index (κ2) is 6.32. The minimum atomic E-state index is -0.762. The van der Waals surface area contributed by atoms with Gasteiger partial charge in [0.15, 0.2) is 0 Å². The number of thiazole rings is 1. The van der Waals surface area contributed by atoms with Crippen LogP contribution in [0, 0.1) is 0 Å². The van der Waals surface area contributed by atoms with Crippen LogP contribution in [0.5, 0.6) is 0 Å². The summed E-state index contributed by atoms with van der Waals surface area (Å²) in [5, 5.41) is 2.91. The summed E-state index contributed by atoms with van der Waals surface area (Å²) in [4.78, 5) is 40.6. The van der Waals surface area contributed by atoms with Crippen LogP contribution in [0.4, 0.5) is 4.79 Å². The Bertz CT molecular complexity index is 546. The van der Waals surface area contributed by atoms with Crippen LogP contribution in [0.15, 0.2) is 5.38 Å². The molecule has 20 heavy (non-hydrogen) atoms. The number of aromatic nitrogens is 1. The summed E-state index contributed by atoms with van der Waals surface area (Å²) in [6.45, 7) is 0.265. The average Bonchev–Trinajstić information content (AvgIpc) is 2.98. The molecule has 1 aromatic rings. The normalized spacial score (nSPS) is 15.6. The first-order valence-electron chi connectivity index (χ1n) is 6.17. The SMILES string of the molecule is CN1C(=O)C(=O)N(CCCCc2nc(CCl)cs2)C1=O. The van der Waals surface area contributed by atoms with E-state index in [1.54, 1.807) is 11.3 Å². The second-order valence-electron chi connectivity index (χ2n) is 4.43. The van der Waals surface area contributed by atoms with E-state index in [4.69, 9.17) is 11.6 Å². The molecule has 108 valence electrons. The van der Waals surface area contributed by atoms with E-state index in [0.717, 1.165) is 33.3 Å². The number of amides is 4. The monoisotopic (exact) mass is 315 g/mol. The molecule has 0 bridgehead atoms. The van der Waals surface area contributed by atoms with E-state index in [2.05, 4.69) is 4.98 Å². The minimum Gasteiger partial charge on any atom is -0.263 e.